The number of fused-ring (bicyclic) bond motifs is 1. The maximum absolute atomic E-state index is 13.2. The lowest BCUT2D eigenvalue weighted by atomic mass is 10.1. The molecule has 17 heavy (non-hydrogen) atoms. The molecule has 0 amide bonds. The minimum absolute atomic E-state index is 0.485. The highest BCUT2D eigenvalue weighted by Crippen LogP contribution is 2.33. The van der Waals surface area contributed by atoms with Gasteiger partial charge in [-0.3, -0.25) is 0 Å². The zero-order valence-corrected chi connectivity index (χ0v) is 9.48. The van der Waals surface area contributed by atoms with Crippen LogP contribution in [-0.2, 0) is 6.54 Å². The SMILES string of the molecule is Cc1cnc(F)cc1-c1cnn2c1OCCC2. The van der Waals surface area contributed by atoms with Gasteiger partial charge >= 0.3 is 0 Å². The van der Waals surface area contributed by atoms with Crippen molar-refractivity contribution in [3.05, 3.63) is 30.0 Å². The second-order valence-corrected chi connectivity index (χ2v) is 4.11. The minimum Gasteiger partial charge on any atom is -0.477 e. The van der Waals surface area contributed by atoms with Gasteiger partial charge in [0.25, 0.3) is 0 Å². The fourth-order valence-corrected chi connectivity index (χ4v) is 2.04. The molecule has 0 atom stereocenters. The number of aromatic nitrogens is 3. The Labute approximate surface area is 98.0 Å². The van der Waals surface area contributed by atoms with Crippen molar-refractivity contribution in [2.45, 2.75) is 19.9 Å². The molecule has 0 spiro atoms. The topological polar surface area (TPSA) is 39.9 Å². The molecular weight excluding hydrogens is 221 g/mol. The van der Waals surface area contributed by atoms with Crippen LogP contribution in [0.3, 0.4) is 0 Å². The molecule has 0 radical (unpaired) electrons. The third kappa shape index (κ3) is 1.67. The van der Waals surface area contributed by atoms with E-state index in [4.69, 9.17) is 4.74 Å². The van der Waals surface area contributed by atoms with E-state index < -0.39 is 5.95 Å². The predicted molar refractivity (Wildman–Crippen MR) is 60.3 cm³/mol. The summed E-state index contributed by atoms with van der Waals surface area (Å²) in [5.41, 5.74) is 2.54. The molecule has 0 saturated carbocycles. The molecule has 1 aliphatic rings. The molecule has 0 N–H and O–H groups in total. The molecule has 3 heterocycles. The first-order valence-electron chi connectivity index (χ1n) is 5.57. The van der Waals surface area contributed by atoms with E-state index in [0.29, 0.717) is 6.61 Å². The summed E-state index contributed by atoms with van der Waals surface area (Å²) in [6.07, 6.45) is 4.21. The van der Waals surface area contributed by atoms with Gasteiger partial charge in [-0.2, -0.15) is 9.49 Å². The quantitative estimate of drug-likeness (QED) is 0.709. The Morgan fingerprint density at radius 2 is 2.24 bits per heavy atom. The van der Waals surface area contributed by atoms with Gasteiger partial charge in [-0.1, -0.05) is 0 Å². The van der Waals surface area contributed by atoms with Crippen LogP contribution in [0.2, 0.25) is 0 Å². The molecular formula is C12H12FN3O. The van der Waals surface area contributed by atoms with Crippen molar-refractivity contribution in [1.29, 1.82) is 0 Å². The molecule has 0 aliphatic carbocycles. The monoisotopic (exact) mass is 233 g/mol. The van der Waals surface area contributed by atoms with Crippen molar-refractivity contribution in [1.82, 2.24) is 14.8 Å². The van der Waals surface area contributed by atoms with Crippen molar-refractivity contribution in [3.63, 3.8) is 0 Å². The Hall–Kier alpha value is -1.91. The van der Waals surface area contributed by atoms with Crippen LogP contribution in [0.1, 0.15) is 12.0 Å². The first kappa shape index (κ1) is 10.3. The fourth-order valence-electron chi connectivity index (χ4n) is 2.04. The second kappa shape index (κ2) is 3.84. The third-order valence-electron chi connectivity index (χ3n) is 2.90. The van der Waals surface area contributed by atoms with E-state index in [1.807, 2.05) is 11.6 Å². The van der Waals surface area contributed by atoms with Crippen LogP contribution in [0.5, 0.6) is 5.88 Å². The van der Waals surface area contributed by atoms with Crippen LogP contribution < -0.4 is 4.74 Å². The van der Waals surface area contributed by atoms with Gasteiger partial charge in [0, 0.05) is 25.2 Å². The summed E-state index contributed by atoms with van der Waals surface area (Å²) < 4.78 is 20.6. The maximum atomic E-state index is 13.2. The highest BCUT2D eigenvalue weighted by molar-refractivity contribution is 5.70. The Kier molecular flexibility index (Phi) is 2.31. The summed E-state index contributed by atoms with van der Waals surface area (Å²) in [6, 6.07) is 1.42. The van der Waals surface area contributed by atoms with E-state index >= 15 is 0 Å². The normalized spacial score (nSPS) is 14.2. The number of halogens is 1. The number of hydrogen-bond donors (Lipinski definition) is 0. The van der Waals surface area contributed by atoms with Gasteiger partial charge in [-0.15, -0.1) is 0 Å². The van der Waals surface area contributed by atoms with E-state index in [0.717, 1.165) is 35.5 Å². The van der Waals surface area contributed by atoms with E-state index in [2.05, 4.69) is 10.1 Å². The van der Waals surface area contributed by atoms with Gasteiger partial charge in [0.2, 0.25) is 11.8 Å². The highest BCUT2D eigenvalue weighted by Gasteiger charge is 2.19. The molecule has 0 bridgehead atoms. The van der Waals surface area contributed by atoms with Crippen LogP contribution in [0.4, 0.5) is 4.39 Å². The van der Waals surface area contributed by atoms with Crippen LogP contribution in [0, 0.1) is 12.9 Å². The van der Waals surface area contributed by atoms with Crippen molar-refractivity contribution >= 4 is 0 Å². The van der Waals surface area contributed by atoms with Crippen LogP contribution in [-0.4, -0.2) is 21.4 Å². The number of hydrogen-bond acceptors (Lipinski definition) is 3. The van der Waals surface area contributed by atoms with Gasteiger partial charge in [0.1, 0.15) is 0 Å². The molecule has 3 rings (SSSR count). The molecule has 2 aromatic heterocycles. The first-order valence-corrected chi connectivity index (χ1v) is 5.57. The molecule has 5 heteroatoms. The third-order valence-corrected chi connectivity index (χ3v) is 2.90. The Bertz CT molecular complexity index is 565. The largest absolute Gasteiger partial charge is 0.477 e. The second-order valence-electron chi connectivity index (χ2n) is 4.11. The van der Waals surface area contributed by atoms with Gasteiger partial charge < -0.3 is 4.74 Å². The fraction of sp³-hybridized carbons (Fsp3) is 0.333. The molecule has 0 fully saturated rings. The van der Waals surface area contributed by atoms with Crippen LogP contribution >= 0.6 is 0 Å². The lowest BCUT2D eigenvalue weighted by Gasteiger charge is -2.16. The Balaban J connectivity index is 2.15. The van der Waals surface area contributed by atoms with Crippen molar-refractivity contribution in [3.8, 4) is 17.0 Å². The maximum Gasteiger partial charge on any atom is 0.219 e. The Morgan fingerprint density at radius 1 is 1.35 bits per heavy atom. The van der Waals surface area contributed by atoms with Gasteiger partial charge in [-0.25, -0.2) is 9.67 Å². The minimum atomic E-state index is -0.485. The predicted octanol–water partition coefficient (Wildman–Crippen LogP) is 2.18. The molecule has 4 nitrogen and oxygen atoms in total. The lowest BCUT2D eigenvalue weighted by Crippen LogP contribution is -2.15. The molecule has 0 unspecified atom stereocenters. The smallest absolute Gasteiger partial charge is 0.219 e. The summed E-state index contributed by atoms with van der Waals surface area (Å²) in [5, 5.41) is 4.25. The van der Waals surface area contributed by atoms with E-state index in [-0.39, 0.29) is 0 Å². The van der Waals surface area contributed by atoms with Gasteiger partial charge in [0.15, 0.2) is 0 Å². The van der Waals surface area contributed by atoms with Crippen molar-refractivity contribution in [2.24, 2.45) is 0 Å². The summed E-state index contributed by atoms with van der Waals surface area (Å²) in [6.45, 7) is 3.43. The molecule has 1 aliphatic heterocycles. The molecule has 0 aromatic carbocycles. The van der Waals surface area contributed by atoms with Crippen molar-refractivity contribution < 1.29 is 9.13 Å². The standard InChI is InChI=1S/C12H12FN3O/c1-8-6-14-11(13)5-9(8)10-7-15-16-3-2-4-17-12(10)16/h5-7H,2-4H2,1H3. The van der Waals surface area contributed by atoms with E-state index in [9.17, 15) is 4.39 Å². The average Bonchev–Trinajstić information content (AvgIpc) is 2.76. The molecule has 0 saturated heterocycles. The number of nitrogens with zero attached hydrogens (tertiary/aromatic N) is 3. The summed E-state index contributed by atoms with van der Waals surface area (Å²) in [4.78, 5) is 3.63. The van der Waals surface area contributed by atoms with Gasteiger partial charge in [-0.05, 0) is 18.1 Å². The van der Waals surface area contributed by atoms with E-state index in [1.54, 1.807) is 6.20 Å². The number of aryl methyl sites for hydroxylation is 2. The zero-order valence-electron chi connectivity index (χ0n) is 9.48. The number of pyridine rings is 1. The first-order chi connectivity index (χ1) is 8.25. The average molecular weight is 233 g/mol. The Morgan fingerprint density at radius 3 is 3.12 bits per heavy atom. The summed E-state index contributed by atoms with van der Waals surface area (Å²) in [7, 11) is 0. The lowest BCUT2D eigenvalue weighted by molar-refractivity contribution is 0.231. The molecule has 88 valence electrons. The van der Waals surface area contributed by atoms with Gasteiger partial charge in [0.05, 0.1) is 18.4 Å². The zero-order chi connectivity index (χ0) is 11.8. The van der Waals surface area contributed by atoms with Crippen molar-refractivity contribution in [2.75, 3.05) is 6.61 Å². The summed E-state index contributed by atoms with van der Waals surface area (Å²) >= 11 is 0. The molecule has 2 aromatic rings. The number of ether oxygens (including phenoxy) is 1. The summed E-state index contributed by atoms with van der Waals surface area (Å²) in [5.74, 6) is 0.242. The van der Waals surface area contributed by atoms with Crippen LogP contribution in [0.15, 0.2) is 18.5 Å². The highest BCUT2D eigenvalue weighted by atomic mass is 19.1. The van der Waals surface area contributed by atoms with Crippen LogP contribution in [0.25, 0.3) is 11.1 Å². The number of rotatable bonds is 1. The van der Waals surface area contributed by atoms with E-state index in [1.165, 1.54) is 12.3 Å².